The zero-order valence-electron chi connectivity index (χ0n) is 17.0. The minimum absolute atomic E-state index is 0.132. The van der Waals surface area contributed by atoms with Crippen molar-refractivity contribution in [2.24, 2.45) is 0 Å². The van der Waals surface area contributed by atoms with Gasteiger partial charge >= 0.3 is 0 Å². The van der Waals surface area contributed by atoms with Crippen LogP contribution in [0.4, 0.5) is 0 Å². The van der Waals surface area contributed by atoms with Crippen LogP contribution in [0.3, 0.4) is 0 Å². The van der Waals surface area contributed by atoms with Gasteiger partial charge in [-0.25, -0.2) is 0 Å². The summed E-state index contributed by atoms with van der Waals surface area (Å²) in [5.41, 5.74) is 5.22. The molecule has 0 saturated heterocycles. The Kier molecular flexibility index (Phi) is 6.63. The van der Waals surface area contributed by atoms with E-state index in [9.17, 15) is 4.79 Å². The number of fused-ring (bicyclic) bond motifs is 2. The summed E-state index contributed by atoms with van der Waals surface area (Å²) in [6, 6.07) is 16.9. The molecule has 1 amide bonds. The van der Waals surface area contributed by atoms with Gasteiger partial charge in [-0.3, -0.25) is 4.79 Å². The minimum Gasteiger partial charge on any atom is -0.373 e. The molecule has 4 rings (SSSR count). The summed E-state index contributed by atoms with van der Waals surface area (Å²) < 4.78 is 6.11. The zero-order valence-corrected chi connectivity index (χ0v) is 17.0. The molecule has 1 aliphatic carbocycles. The molecule has 0 bridgehead atoms. The average Bonchev–Trinajstić information content (AvgIpc) is 3.17. The fourth-order valence-corrected chi connectivity index (χ4v) is 4.27. The molecule has 1 aromatic heterocycles. The highest BCUT2D eigenvalue weighted by atomic mass is 16.5. The smallest absolute Gasteiger partial charge is 0.220 e. The van der Waals surface area contributed by atoms with Crippen molar-refractivity contribution < 1.29 is 9.53 Å². The molecule has 0 saturated carbocycles. The van der Waals surface area contributed by atoms with Gasteiger partial charge in [-0.1, -0.05) is 42.5 Å². The molecule has 0 fully saturated rings. The Morgan fingerprint density at radius 3 is 2.93 bits per heavy atom. The number of aryl methyl sites for hydroxylation is 2. The van der Waals surface area contributed by atoms with E-state index in [0.29, 0.717) is 19.6 Å². The van der Waals surface area contributed by atoms with E-state index in [2.05, 4.69) is 59.0 Å². The quantitative estimate of drug-likeness (QED) is 0.500. The van der Waals surface area contributed by atoms with E-state index >= 15 is 0 Å². The number of hydrogen-bond acceptors (Lipinski definition) is 2. The highest BCUT2D eigenvalue weighted by Crippen LogP contribution is 2.32. The van der Waals surface area contributed by atoms with Gasteiger partial charge in [0.2, 0.25) is 5.91 Å². The molecule has 4 nitrogen and oxygen atoms in total. The molecular formula is C25H30N2O2. The van der Waals surface area contributed by atoms with Crippen LogP contribution < -0.4 is 5.32 Å². The number of H-pyrrole nitrogens is 1. The Bertz CT molecular complexity index is 947. The Morgan fingerprint density at radius 2 is 1.97 bits per heavy atom. The van der Waals surface area contributed by atoms with Crippen LogP contribution in [0.2, 0.25) is 0 Å². The second-order valence-corrected chi connectivity index (χ2v) is 7.87. The molecule has 1 aliphatic rings. The second kappa shape index (κ2) is 9.75. The lowest BCUT2D eigenvalue weighted by Crippen LogP contribution is -2.25. The standard InChI is InChI=1S/C25H30N2O2/c28-25(15-6-10-20-18-27-23-13-4-3-11-21(20)23)26-16-7-17-29-24-14-5-9-19-8-1-2-12-22(19)24/h1-4,8,11-13,18,24,27H,5-7,9-10,14-17H2,(H,26,28). The maximum absolute atomic E-state index is 12.1. The molecule has 3 aromatic rings. The molecule has 2 N–H and O–H groups in total. The summed E-state index contributed by atoms with van der Waals surface area (Å²) in [5.74, 6) is 0.132. The second-order valence-electron chi connectivity index (χ2n) is 7.87. The number of para-hydroxylation sites is 1. The van der Waals surface area contributed by atoms with Gasteiger partial charge in [-0.15, -0.1) is 0 Å². The molecule has 0 radical (unpaired) electrons. The normalized spacial score (nSPS) is 15.9. The Balaban J connectivity index is 1.11. The monoisotopic (exact) mass is 390 g/mol. The van der Waals surface area contributed by atoms with Gasteiger partial charge < -0.3 is 15.0 Å². The first-order valence-electron chi connectivity index (χ1n) is 10.8. The van der Waals surface area contributed by atoms with E-state index < -0.39 is 0 Å². The molecule has 29 heavy (non-hydrogen) atoms. The summed E-state index contributed by atoms with van der Waals surface area (Å²) in [4.78, 5) is 15.4. The number of hydrogen-bond donors (Lipinski definition) is 2. The van der Waals surface area contributed by atoms with E-state index in [1.807, 2.05) is 6.07 Å². The summed E-state index contributed by atoms with van der Waals surface area (Å²) >= 11 is 0. The van der Waals surface area contributed by atoms with Crippen LogP contribution in [0.5, 0.6) is 0 Å². The third-order valence-corrected chi connectivity index (χ3v) is 5.80. The number of benzene rings is 2. The number of nitrogens with one attached hydrogen (secondary N) is 2. The first-order chi connectivity index (χ1) is 14.3. The van der Waals surface area contributed by atoms with Gasteiger partial charge in [0.1, 0.15) is 0 Å². The van der Waals surface area contributed by atoms with Crippen molar-refractivity contribution in [3.05, 3.63) is 71.4 Å². The van der Waals surface area contributed by atoms with E-state index in [0.717, 1.165) is 37.6 Å². The van der Waals surface area contributed by atoms with E-state index in [1.165, 1.54) is 28.5 Å². The van der Waals surface area contributed by atoms with Crippen molar-refractivity contribution in [1.82, 2.24) is 10.3 Å². The van der Waals surface area contributed by atoms with Crippen LogP contribution >= 0.6 is 0 Å². The molecule has 1 unspecified atom stereocenters. The highest BCUT2D eigenvalue weighted by Gasteiger charge is 2.19. The summed E-state index contributed by atoms with van der Waals surface area (Å²) in [5, 5.41) is 4.29. The lowest BCUT2D eigenvalue weighted by Gasteiger charge is -2.25. The van der Waals surface area contributed by atoms with Crippen molar-refractivity contribution >= 4 is 16.8 Å². The molecule has 4 heteroatoms. The summed E-state index contributed by atoms with van der Waals surface area (Å²) in [6.07, 6.45) is 8.92. The maximum Gasteiger partial charge on any atom is 0.220 e. The topological polar surface area (TPSA) is 54.1 Å². The molecule has 0 spiro atoms. The molecular weight excluding hydrogens is 360 g/mol. The van der Waals surface area contributed by atoms with Gasteiger partial charge in [0.05, 0.1) is 6.10 Å². The average molecular weight is 391 g/mol. The van der Waals surface area contributed by atoms with Gasteiger partial charge in [0, 0.05) is 36.7 Å². The number of amides is 1. The zero-order chi connectivity index (χ0) is 19.9. The molecule has 152 valence electrons. The fourth-order valence-electron chi connectivity index (χ4n) is 4.27. The largest absolute Gasteiger partial charge is 0.373 e. The van der Waals surface area contributed by atoms with Gasteiger partial charge in [0.15, 0.2) is 0 Å². The molecule has 1 heterocycles. The Morgan fingerprint density at radius 1 is 1.10 bits per heavy atom. The Labute approximate surface area is 172 Å². The van der Waals surface area contributed by atoms with Crippen molar-refractivity contribution in [1.29, 1.82) is 0 Å². The van der Waals surface area contributed by atoms with Gasteiger partial charge in [-0.2, -0.15) is 0 Å². The first kappa shape index (κ1) is 19.7. The van der Waals surface area contributed by atoms with Crippen molar-refractivity contribution in [2.75, 3.05) is 13.2 Å². The molecule has 2 aromatic carbocycles. The lowest BCUT2D eigenvalue weighted by molar-refractivity contribution is -0.121. The van der Waals surface area contributed by atoms with Crippen molar-refractivity contribution in [2.45, 2.75) is 51.0 Å². The molecule has 1 atom stereocenters. The highest BCUT2D eigenvalue weighted by molar-refractivity contribution is 5.83. The lowest BCUT2D eigenvalue weighted by atomic mass is 9.89. The number of carbonyl (C=O) groups is 1. The van der Waals surface area contributed by atoms with Crippen molar-refractivity contribution in [3.63, 3.8) is 0 Å². The van der Waals surface area contributed by atoms with Crippen LogP contribution in [-0.4, -0.2) is 24.0 Å². The summed E-state index contributed by atoms with van der Waals surface area (Å²) in [6.45, 7) is 1.37. The maximum atomic E-state index is 12.1. The van der Waals surface area contributed by atoms with E-state index in [4.69, 9.17) is 4.74 Å². The van der Waals surface area contributed by atoms with Gasteiger partial charge in [-0.05, 0) is 61.3 Å². The van der Waals surface area contributed by atoms with Crippen LogP contribution in [0.15, 0.2) is 54.7 Å². The number of ether oxygens (including phenoxy) is 1. The number of rotatable bonds is 9. The SMILES string of the molecule is O=C(CCCc1c[nH]c2ccccc12)NCCCOC1CCCc2ccccc21. The number of carbonyl (C=O) groups excluding carboxylic acids is 1. The van der Waals surface area contributed by atoms with Crippen LogP contribution in [0.1, 0.15) is 54.9 Å². The third kappa shape index (κ3) is 5.07. The van der Waals surface area contributed by atoms with Crippen molar-refractivity contribution in [3.8, 4) is 0 Å². The van der Waals surface area contributed by atoms with E-state index in [-0.39, 0.29) is 12.0 Å². The Hall–Kier alpha value is -2.59. The van der Waals surface area contributed by atoms with Crippen LogP contribution in [-0.2, 0) is 22.4 Å². The minimum atomic E-state index is 0.132. The van der Waals surface area contributed by atoms with Gasteiger partial charge in [0.25, 0.3) is 0 Å². The molecule has 0 aliphatic heterocycles. The van der Waals surface area contributed by atoms with Crippen LogP contribution in [0, 0.1) is 0 Å². The number of aromatic amines is 1. The predicted octanol–water partition coefficient (Wildman–Crippen LogP) is 5.09. The first-order valence-corrected chi connectivity index (χ1v) is 10.8. The summed E-state index contributed by atoms with van der Waals surface area (Å²) in [7, 11) is 0. The fraction of sp³-hybridized carbons (Fsp3) is 0.400. The van der Waals surface area contributed by atoms with E-state index in [1.54, 1.807) is 0 Å². The van der Waals surface area contributed by atoms with Crippen LogP contribution in [0.25, 0.3) is 10.9 Å². The predicted molar refractivity (Wildman–Crippen MR) is 117 cm³/mol. The number of aromatic nitrogens is 1. The third-order valence-electron chi connectivity index (χ3n) is 5.80.